The fourth-order valence-electron chi connectivity index (χ4n) is 3.06. The maximum atomic E-state index is 6.50. The van der Waals surface area contributed by atoms with Crippen molar-refractivity contribution in [2.75, 3.05) is 0 Å². The lowest BCUT2D eigenvalue weighted by Gasteiger charge is -2.23. The quantitative estimate of drug-likeness (QED) is 0.635. The second-order valence-electron chi connectivity index (χ2n) is 6.08. The lowest BCUT2D eigenvalue weighted by Crippen LogP contribution is -2.17. The van der Waals surface area contributed by atoms with Crippen LogP contribution in [-0.4, -0.2) is 14.1 Å². The predicted octanol–water partition coefficient (Wildman–Crippen LogP) is 5.04. The normalized spacial score (nSPS) is 15.7. The molecule has 1 aliphatic carbocycles. The second-order valence-corrected chi connectivity index (χ2v) is 6.89. The van der Waals surface area contributed by atoms with Gasteiger partial charge in [0.2, 0.25) is 0 Å². The largest absolute Gasteiger partial charge is 0.349 e. The first kappa shape index (κ1) is 14.9. The van der Waals surface area contributed by atoms with Crippen LogP contribution < -0.4 is 0 Å². The molecule has 3 aromatic rings. The molecule has 1 aromatic carbocycles. The van der Waals surface area contributed by atoms with Crippen LogP contribution in [0.15, 0.2) is 55.2 Å². The van der Waals surface area contributed by atoms with Gasteiger partial charge in [0.15, 0.2) is 0 Å². The Hall–Kier alpha value is -1.71. The predicted molar refractivity (Wildman–Crippen MR) is 93.1 cm³/mol. The zero-order valence-electron chi connectivity index (χ0n) is 12.6. The van der Waals surface area contributed by atoms with Gasteiger partial charge in [0.05, 0.1) is 6.33 Å². The van der Waals surface area contributed by atoms with E-state index in [0.717, 1.165) is 18.0 Å². The smallest absolute Gasteiger partial charge is 0.103 e. The Labute approximate surface area is 145 Å². The van der Waals surface area contributed by atoms with Gasteiger partial charge in [-0.2, -0.15) is 0 Å². The molecule has 1 saturated carbocycles. The number of benzene rings is 1. The standard InChI is InChI=1S/C18H17Cl2N3/c19-14-3-1-4-15(20)17(14)18(23-10-8-21-12-23)16-5-2-9-22(16)11-13-6-7-13/h1-5,8-10,12-13,18H,6-7,11H2. The van der Waals surface area contributed by atoms with E-state index in [1.165, 1.54) is 18.5 Å². The van der Waals surface area contributed by atoms with Crippen molar-refractivity contribution in [1.29, 1.82) is 0 Å². The minimum atomic E-state index is -0.0764. The van der Waals surface area contributed by atoms with Crippen molar-refractivity contribution < 1.29 is 0 Å². The number of aromatic nitrogens is 3. The average molecular weight is 346 g/mol. The summed E-state index contributed by atoms with van der Waals surface area (Å²) >= 11 is 13.0. The van der Waals surface area contributed by atoms with Gasteiger partial charge in [-0.05, 0) is 43.0 Å². The molecule has 5 heteroatoms. The number of rotatable bonds is 5. The third-order valence-corrected chi connectivity index (χ3v) is 5.05. The first-order chi connectivity index (χ1) is 11.2. The van der Waals surface area contributed by atoms with Gasteiger partial charge < -0.3 is 9.13 Å². The second kappa shape index (κ2) is 6.06. The monoisotopic (exact) mass is 345 g/mol. The maximum absolute atomic E-state index is 6.50. The zero-order chi connectivity index (χ0) is 15.8. The van der Waals surface area contributed by atoms with E-state index in [-0.39, 0.29) is 6.04 Å². The summed E-state index contributed by atoms with van der Waals surface area (Å²) in [5.74, 6) is 0.798. The van der Waals surface area contributed by atoms with Gasteiger partial charge in [-0.15, -0.1) is 0 Å². The fourth-order valence-corrected chi connectivity index (χ4v) is 3.67. The first-order valence-corrected chi connectivity index (χ1v) is 8.56. The molecule has 1 fully saturated rings. The minimum absolute atomic E-state index is 0.0764. The van der Waals surface area contributed by atoms with Gasteiger partial charge in [-0.1, -0.05) is 29.3 Å². The van der Waals surface area contributed by atoms with Crippen molar-refractivity contribution in [1.82, 2.24) is 14.1 Å². The summed E-state index contributed by atoms with van der Waals surface area (Å²) in [6.07, 6.45) is 10.3. The molecule has 0 N–H and O–H groups in total. The van der Waals surface area contributed by atoms with E-state index >= 15 is 0 Å². The van der Waals surface area contributed by atoms with Crippen LogP contribution in [-0.2, 0) is 6.54 Å². The van der Waals surface area contributed by atoms with Crippen molar-refractivity contribution >= 4 is 23.2 Å². The SMILES string of the molecule is Clc1cccc(Cl)c1C(c1cccn1CC1CC1)n1ccnc1. The summed E-state index contributed by atoms with van der Waals surface area (Å²) in [6.45, 7) is 1.05. The van der Waals surface area contributed by atoms with Crippen LogP contribution in [0.25, 0.3) is 0 Å². The van der Waals surface area contributed by atoms with Gasteiger partial charge in [0.1, 0.15) is 6.04 Å². The highest BCUT2D eigenvalue weighted by Gasteiger charge is 2.27. The molecule has 0 spiro atoms. The molecule has 118 valence electrons. The van der Waals surface area contributed by atoms with E-state index in [4.69, 9.17) is 23.2 Å². The summed E-state index contributed by atoms with van der Waals surface area (Å²) in [6, 6.07) is 9.82. The van der Waals surface area contributed by atoms with Gasteiger partial charge in [0.25, 0.3) is 0 Å². The molecule has 2 aromatic heterocycles. The molecule has 23 heavy (non-hydrogen) atoms. The Bertz CT molecular complexity index is 783. The molecule has 0 radical (unpaired) electrons. The van der Waals surface area contributed by atoms with Crippen LogP contribution in [0.5, 0.6) is 0 Å². The molecule has 1 unspecified atom stereocenters. The lowest BCUT2D eigenvalue weighted by molar-refractivity contribution is 0.555. The summed E-state index contributed by atoms with van der Waals surface area (Å²) in [7, 11) is 0. The first-order valence-electron chi connectivity index (χ1n) is 7.80. The van der Waals surface area contributed by atoms with Crippen molar-refractivity contribution in [2.45, 2.75) is 25.4 Å². The van der Waals surface area contributed by atoms with Crippen LogP contribution in [0.4, 0.5) is 0 Å². The van der Waals surface area contributed by atoms with E-state index in [0.29, 0.717) is 10.0 Å². The van der Waals surface area contributed by atoms with Crippen LogP contribution in [0.1, 0.15) is 30.1 Å². The molecule has 4 rings (SSSR count). The molecule has 3 nitrogen and oxygen atoms in total. The molecular formula is C18H17Cl2N3. The van der Waals surface area contributed by atoms with E-state index in [1.807, 2.05) is 30.7 Å². The third-order valence-electron chi connectivity index (χ3n) is 4.39. The highest BCUT2D eigenvalue weighted by atomic mass is 35.5. The Morgan fingerprint density at radius 1 is 1.09 bits per heavy atom. The number of nitrogens with zero attached hydrogens (tertiary/aromatic N) is 3. The third kappa shape index (κ3) is 2.91. The van der Waals surface area contributed by atoms with E-state index in [1.54, 1.807) is 6.20 Å². The van der Waals surface area contributed by atoms with Gasteiger partial charge >= 0.3 is 0 Å². The van der Waals surface area contributed by atoms with Crippen molar-refractivity contribution in [3.63, 3.8) is 0 Å². The summed E-state index contributed by atoms with van der Waals surface area (Å²) < 4.78 is 4.38. The van der Waals surface area contributed by atoms with Crippen molar-refractivity contribution in [2.24, 2.45) is 5.92 Å². The van der Waals surface area contributed by atoms with Crippen LogP contribution in [0.2, 0.25) is 10.0 Å². The number of hydrogen-bond acceptors (Lipinski definition) is 1. The molecule has 0 amide bonds. The molecule has 1 aliphatic rings. The summed E-state index contributed by atoms with van der Waals surface area (Å²) in [4.78, 5) is 4.21. The Morgan fingerprint density at radius 3 is 2.52 bits per heavy atom. The summed E-state index contributed by atoms with van der Waals surface area (Å²) in [5.41, 5.74) is 2.11. The molecule has 0 aliphatic heterocycles. The molecule has 0 saturated heterocycles. The Kier molecular flexibility index (Phi) is 3.92. The Morgan fingerprint density at radius 2 is 1.87 bits per heavy atom. The average Bonchev–Trinajstić information content (AvgIpc) is 3.00. The van der Waals surface area contributed by atoms with Crippen molar-refractivity contribution in [3.05, 3.63) is 76.6 Å². The molecule has 1 atom stereocenters. The van der Waals surface area contributed by atoms with Crippen LogP contribution in [0.3, 0.4) is 0 Å². The van der Waals surface area contributed by atoms with Crippen LogP contribution in [0, 0.1) is 5.92 Å². The number of hydrogen-bond donors (Lipinski definition) is 0. The van der Waals surface area contributed by atoms with Crippen LogP contribution >= 0.6 is 23.2 Å². The summed E-state index contributed by atoms with van der Waals surface area (Å²) in [5, 5.41) is 1.35. The van der Waals surface area contributed by atoms with Gasteiger partial charge in [0, 0.05) is 46.4 Å². The fraction of sp³-hybridized carbons (Fsp3) is 0.278. The minimum Gasteiger partial charge on any atom is -0.349 e. The van der Waals surface area contributed by atoms with E-state index in [9.17, 15) is 0 Å². The highest BCUT2D eigenvalue weighted by molar-refractivity contribution is 6.36. The Balaban J connectivity index is 1.85. The molecule has 0 bridgehead atoms. The van der Waals surface area contributed by atoms with E-state index in [2.05, 4.69) is 32.4 Å². The van der Waals surface area contributed by atoms with Gasteiger partial charge in [-0.3, -0.25) is 0 Å². The molecule has 2 heterocycles. The highest BCUT2D eigenvalue weighted by Crippen LogP contribution is 2.38. The van der Waals surface area contributed by atoms with Crippen molar-refractivity contribution in [3.8, 4) is 0 Å². The zero-order valence-corrected chi connectivity index (χ0v) is 14.1. The maximum Gasteiger partial charge on any atom is 0.103 e. The van der Waals surface area contributed by atoms with E-state index < -0.39 is 0 Å². The lowest BCUT2D eigenvalue weighted by atomic mass is 10.0. The number of halogens is 2. The molecular weight excluding hydrogens is 329 g/mol. The number of imidazole rings is 1. The van der Waals surface area contributed by atoms with Gasteiger partial charge in [-0.25, -0.2) is 4.98 Å². The topological polar surface area (TPSA) is 22.8 Å².